The molecule has 0 bridgehead atoms. The molecule has 0 unspecified atom stereocenters. The van der Waals surface area contributed by atoms with Crippen LogP contribution in [-0.2, 0) is 13.5 Å². The van der Waals surface area contributed by atoms with Gasteiger partial charge in [0.15, 0.2) is 0 Å². The quantitative estimate of drug-likeness (QED) is 0.855. The summed E-state index contributed by atoms with van der Waals surface area (Å²) in [6.07, 6.45) is 5.70. The van der Waals surface area contributed by atoms with Crippen molar-refractivity contribution in [1.29, 1.82) is 0 Å². The average Bonchev–Trinajstić information content (AvgIpc) is 2.72. The van der Waals surface area contributed by atoms with E-state index >= 15 is 0 Å². The highest BCUT2D eigenvalue weighted by atomic mass is 15.0. The van der Waals surface area contributed by atoms with Crippen LogP contribution in [0.3, 0.4) is 0 Å². The molecule has 3 heteroatoms. The van der Waals surface area contributed by atoms with Crippen LogP contribution in [0.1, 0.15) is 18.4 Å². The van der Waals surface area contributed by atoms with Gasteiger partial charge in [0.25, 0.3) is 0 Å². The molecule has 1 fully saturated rings. The van der Waals surface area contributed by atoms with Crippen molar-refractivity contribution in [2.75, 3.05) is 13.1 Å². The number of hydrogen-bond donors (Lipinski definition) is 1. The van der Waals surface area contributed by atoms with Gasteiger partial charge in [-0.1, -0.05) is 6.07 Å². The van der Waals surface area contributed by atoms with E-state index in [0.29, 0.717) is 0 Å². The molecule has 1 aromatic carbocycles. The maximum absolute atomic E-state index is 4.42. The predicted octanol–water partition coefficient (Wildman–Crippen LogP) is 2.12. The largest absolute Gasteiger partial charge is 0.334 e. The first kappa shape index (κ1) is 10.8. The summed E-state index contributed by atoms with van der Waals surface area (Å²) in [6.45, 7) is 2.35. The van der Waals surface area contributed by atoms with Crippen molar-refractivity contribution < 1.29 is 0 Å². The molecular weight excluding hydrogens is 210 g/mol. The fourth-order valence-corrected chi connectivity index (χ4v) is 2.73. The van der Waals surface area contributed by atoms with Gasteiger partial charge < -0.3 is 9.88 Å². The normalized spacial score (nSPS) is 17.7. The standard InChI is InChI=1S/C14H19N3/c1-17-10-16-13-9-12(2-3-14(13)17)8-11-4-6-15-7-5-11/h2-3,9-11,15H,4-8H2,1H3. The van der Waals surface area contributed by atoms with Gasteiger partial charge in [-0.05, 0) is 56.0 Å². The molecule has 1 saturated heterocycles. The van der Waals surface area contributed by atoms with E-state index in [9.17, 15) is 0 Å². The van der Waals surface area contributed by atoms with Crippen molar-refractivity contribution in [1.82, 2.24) is 14.9 Å². The Bertz CT molecular complexity index is 509. The topological polar surface area (TPSA) is 29.9 Å². The van der Waals surface area contributed by atoms with Gasteiger partial charge in [-0.3, -0.25) is 0 Å². The zero-order valence-corrected chi connectivity index (χ0v) is 10.3. The summed E-state index contributed by atoms with van der Waals surface area (Å²) in [5, 5.41) is 3.42. The van der Waals surface area contributed by atoms with Crippen LogP contribution in [0.5, 0.6) is 0 Å². The third-order valence-corrected chi connectivity index (χ3v) is 3.77. The summed E-state index contributed by atoms with van der Waals surface area (Å²) in [6, 6.07) is 6.70. The highest BCUT2D eigenvalue weighted by molar-refractivity contribution is 5.75. The Balaban J connectivity index is 1.80. The number of aromatic nitrogens is 2. The molecule has 1 aliphatic rings. The molecule has 1 N–H and O–H groups in total. The van der Waals surface area contributed by atoms with Crippen LogP contribution < -0.4 is 5.32 Å². The monoisotopic (exact) mass is 229 g/mol. The van der Waals surface area contributed by atoms with E-state index in [0.717, 1.165) is 11.4 Å². The average molecular weight is 229 g/mol. The Morgan fingerprint density at radius 1 is 1.35 bits per heavy atom. The van der Waals surface area contributed by atoms with Gasteiger partial charge >= 0.3 is 0 Å². The summed E-state index contributed by atoms with van der Waals surface area (Å²) in [5.74, 6) is 0.845. The van der Waals surface area contributed by atoms with Crippen LogP contribution in [0.15, 0.2) is 24.5 Å². The summed E-state index contributed by atoms with van der Waals surface area (Å²) >= 11 is 0. The van der Waals surface area contributed by atoms with Crippen LogP contribution in [0.25, 0.3) is 11.0 Å². The predicted molar refractivity (Wildman–Crippen MR) is 70.0 cm³/mol. The second-order valence-electron chi connectivity index (χ2n) is 5.08. The summed E-state index contributed by atoms with van der Waals surface area (Å²) < 4.78 is 2.07. The third-order valence-electron chi connectivity index (χ3n) is 3.77. The Labute approximate surface area is 102 Å². The van der Waals surface area contributed by atoms with E-state index in [4.69, 9.17) is 0 Å². The van der Waals surface area contributed by atoms with Crippen LogP contribution in [0.4, 0.5) is 0 Å². The first-order chi connectivity index (χ1) is 8.33. The molecule has 17 heavy (non-hydrogen) atoms. The lowest BCUT2D eigenvalue weighted by atomic mass is 9.91. The van der Waals surface area contributed by atoms with Gasteiger partial charge in [0.1, 0.15) is 0 Å². The van der Waals surface area contributed by atoms with Crippen molar-refractivity contribution in [3.63, 3.8) is 0 Å². The molecule has 1 aromatic heterocycles. The maximum Gasteiger partial charge on any atom is 0.0955 e. The lowest BCUT2D eigenvalue weighted by Gasteiger charge is -2.22. The van der Waals surface area contributed by atoms with Gasteiger partial charge in [0.05, 0.1) is 17.4 Å². The Kier molecular flexibility index (Phi) is 2.85. The van der Waals surface area contributed by atoms with Crippen LogP contribution in [0, 0.1) is 5.92 Å². The molecule has 3 rings (SSSR count). The highest BCUT2D eigenvalue weighted by Crippen LogP contribution is 2.20. The van der Waals surface area contributed by atoms with Crippen LogP contribution >= 0.6 is 0 Å². The zero-order valence-electron chi connectivity index (χ0n) is 10.3. The molecule has 0 amide bonds. The lowest BCUT2D eigenvalue weighted by Crippen LogP contribution is -2.28. The molecule has 3 nitrogen and oxygen atoms in total. The van der Waals surface area contributed by atoms with Crippen molar-refractivity contribution in [2.24, 2.45) is 13.0 Å². The second kappa shape index (κ2) is 4.49. The highest BCUT2D eigenvalue weighted by Gasteiger charge is 2.13. The van der Waals surface area contributed by atoms with Crippen LogP contribution in [-0.4, -0.2) is 22.6 Å². The minimum absolute atomic E-state index is 0.845. The fourth-order valence-electron chi connectivity index (χ4n) is 2.73. The Morgan fingerprint density at radius 3 is 3.00 bits per heavy atom. The van der Waals surface area contributed by atoms with Gasteiger partial charge in [-0.2, -0.15) is 0 Å². The van der Waals surface area contributed by atoms with Crippen molar-refractivity contribution in [2.45, 2.75) is 19.3 Å². The Hall–Kier alpha value is -1.35. The molecule has 2 aromatic rings. The molecule has 0 saturated carbocycles. The van der Waals surface area contributed by atoms with E-state index in [2.05, 4.69) is 33.1 Å². The number of benzene rings is 1. The molecule has 1 aliphatic heterocycles. The third kappa shape index (κ3) is 2.20. The van der Waals surface area contributed by atoms with Crippen molar-refractivity contribution >= 4 is 11.0 Å². The number of imidazole rings is 1. The first-order valence-corrected chi connectivity index (χ1v) is 6.43. The van der Waals surface area contributed by atoms with E-state index in [1.807, 2.05) is 13.4 Å². The lowest BCUT2D eigenvalue weighted by molar-refractivity contribution is 0.373. The minimum atomic E-state index is 0.845. The van der Waals surface area contributed by atoms with Crippen LogP contribution in [0.2, 0.25) is 0 Å². The maximum atomic E-state index is 4.42. The SMILES string of the molecule is Cn1cnc2cc(CC3CCNCC3)ccc21. The van der Waals surface area contributed by atoms with Gasteiger partial charge in [-0.15, -0.1) is 0 Å². The number of nitrogens with one attached hydrogen (secondary N) is 1. The van der Waals surface area contributed by atoms with Crippen molar-refractivity contribution in [3.05, 3.63) is 30.1 Å². The molecular formula is C14H19N3. The molecule has 0 radical (unpaired) electrons. The number of hydrogen-bond acceptors (Lipinski definition) is 2. The Morgan fingerprint density at radius 2 is 2.18 bits per heavy atom. The second-order valence-corrected chi connectivity index (χ2v) is 5.08. The number of nitrogens with zero attached hydrogens (tertiary/aromatic N) is 2. The minimum Gasteiger partial charge on any atom is -0.334 e. The van der Waals surface area contributed by atoms with Gasteiger partial charge in [-0.25, -0.2) is 4.98 Å². The first-order valence-electron chi connectivity index (χ1n) is 6.43. The number of piperidine rings is 1. The number of rotatable bonds is 2. The molecule has 0 spiro atoms. The van der Waals surface area contributed by atoms with E-state index < -0.39 is 0 Å². The molecule has 2 heterocycles. The van der Waals surface area contributed by atoms with Gasteiger partial charge in [0, 0.05) is 7.05 Å². The molecule has 90 valence electrons. The zero-order chi connectivity index (χ0) is 11.7. The molecule has 0 aliphatic carbocycles. The number of fused-ring (bicyclic) bond motifs is 1. The smallest absolute Gasteiger partial charge is 0.0955 e. The van der Waals surface area contributed by atoms with E-state index in [-0.39, 0.29) is 0 Å². The summed E-state index contributed by atoms with van der Waals surface area (Å²) in [5.41, 5.74) is 3.78. The van der Waals surface area contributed by atoms with Crippen molar-refractivity contribution in [3.8, 4) is 0 Å². The summed E-state index contributed by atoms with van der Waals surface area (Å²) in [4.78, 5) is 4.42. The van der Waals surface area contributed by atoms with E-state index in [1.54, 1.807) is 0 Å². The summed E-state index contributed by atoms with van der Waals surface area (Å²) in [7, 11) is 2.04. The fraction of sp³-hybridized carbons (Fsp3) is 0.500. The number of aryl methyl sites for hydroxylation is 1. The molecule has 0 atom stereocenters. The van der Waals surface area contributed by atoms with Gasteiger partial charge in [0.2, 0.25) is 0 Å². The van der Waals surface area contributed by atoms with E-state index in [1.165, 1.54) is 43.4 Å².